The highest BCUT2D eigenvalue weighted by molar-refractivity contribution is 4.18. The maximum Gasteiger partial charge on any atom is 0.187 e. The fraction of sp³-hybridized carbons (Fsp3) is 1.00. The lowest BCUT2D eigenvalue weighted by atomic mass is 10.5. The minimum atomic E-state index is -0.264. The van der Waals surface area contributed by atoms with Crippen molar-refractivity contribution in [1.82, 2.24) is 0 Å². The maximum atomic E-state index is 8.86. The number of rotatable bonds is 1. The van der Waals surface area contributed by atoms with Crippen molar-refractivity contribution in [2.75, 3.05) is 21.1 Å². The summed E-state index contributed by atoms with van der Waals surface area (Å²) >= 11 is 0. The van der Waals surface area contributed by atoms with Crippen LogP contribution in [0.2, 0.25) is 0 Å². The molecular formula is C5H15NO2. The molecule has 0 radical (unpaired) electrons. The molecule has 3 nitrogen and oxygen atoms in total. The van der Waals surface area contributed by atoms with E-state index >= 15 is 0 Å². The summed E-state index contributed by atoms with van der Waals surface area (Å²) in [6.07, 6.45) is -0.264. The molecule has 0 saturated carbocycles. The molecule has 1 unspecified atom stereocenters. The van der Waals surface area contributed by atoms with Gasteiger partial charge in [-0.25, -0.2) is 0 Å². The van der Waals surface area contributed by atoms with Crippen molar-refractivity contribution in [2.45, 2.75) is 13.2 Å². The van der Waals surface area contributed by atoms with Crippen LogP contribution < -0.4 is 0 Å². The lowest BCUT2D eigenvalue weighted by molar-refractivity contribution is -0.916. The van der Waals surface area contributed by atoms with E-state index in [9.17, 15) is 0 Å². The lowest BCUT2D eigenvalue weighted by Gasteiger charge is -2.26. The third-order valence-electron chi connectivity index (χ3n) is 1.12. The van der Waals surface area contributed by atoms with Gasteiger partial charge in [-0.3, -0.25) is 0 Å². The zero-order chi connectivity index (χ0) is 6.08. The van der Waals surface area contributed by atoms with E-state index in [1.807, 2.05) is 21.1 Å². The number of hydrogen-bond donors (Lipinski definition) is 1. The Labute approximate surface area is 50.4 Å². The highest BCUT2D eigenvalue weighted by atomic mass is 16.3. The standard InChI is InChI=1S/C5H14NO.H2O/c1-5(7)6(2,3)4;/h5,7H,1-4H3;1H2/q+1;/p-1. The Kier molecular flexibility index (Phi) is 4.07. The smallest absolute Gasteiger partial charge is 0.187 e. The summed E-state index contributed by atoms with van der Waals surface area (Å²) in [6.45, 7) is 1.78. The first-order chi connectivity index (χ1) is 2.94. The van der Waals surface area contributed by atoms with Crippen LogP contribution in [0.1, 0.15) is 6.92 Å². The molecule has 0 aromatic heterocycles. The van der Waals surface area contributed by atoms with Crippen LogP contribution >= 0.6 is 0 Å². The molecule has 0 bridgehead atoms. The molecule has 0 rings (SSSR count). The van der Waals surface area contributed by atoms with E-state index in [-0.39, 0.29) is 11.7 Å². The monoisotopic (exact) mass is 121 g/mol. The second-order valence-electron chi connectivity index (χ2n) is 2.75. The van der Waals surface area contributed by atoms with Gasteiger partial charge in [0.2, 0.25) is 0 Å². The summed E-state index contributed by atoms with van der Waals surface area (Å²) in [4.78, 5) is 0. The zero-order valence-corrected chi connectivity index (χ0v) is 5.92. The molecule has 0 fully saturated rings. The Morgan fingerprint density at radius 2 is 1.38 bits per heavy atom. The van der Waals surface area contributed by atoms with E-state index in [0.717, 1.165) is 0 Å². The minimum absolute atomic E-state index is 0. The van der Waals surface area contributed by atoms with Gasteiger partial charge in [0.25, 0.3) is 0 Å². The average Bonchev–Trinajstić information content (AvgIpc) is 1.31. The van der Waals surface area contributed by atoms with Gasteiger partial charge in [0.05, 0.1) is 21.1 Å². The molecule has 1 atom stereocenters. The van der Waals surface area contributed by atoms with Crippen molar-refractivity contribution in [3.05, 3.63) is 0 Å². The van der Waals surface area contributed by atoms with Crippen LogP contribution in [0.25, 0.3) is 0 Å². The largest absolute Gasteiger partial charge is 0.870 e. The molecular weight excluding hydrogens is 106 g/mol. The van der Waals surface area contributed by atoms with Crippen LogP contribution in [0, 0.1) is 0 Å². The van der Waals surface area contributed by atoms with Gasteiger partial charge in [0, 0.05) is 6.92 Å². The predicted octanol–water partition coefficient (Wildman–Crippen LogP) is -0.146. The molecule has 0 aromatic rings. The Morgan fingerprint density at radius 3 is 1.38 bits per heavy atom. The Balaban J connectivity index is 0. The van der Waals surface area contributed by atoms with Gasteiger partial charge in [-0.05, 0) is 0 Å². The van der Waals surface area contributed by atoms with Crippen molar-refractivity contribution in [2.24, 2.45) is 0 Å². The van der Waals surface area contributed by atoms with Gasteiger partial charge in [-0.2, -0.15) is 0 Å². The Hall–Kier alpha value is -0.120. The Morgan fingerprint density at radius 1 is 1.25 bits per heavy atom. The van der Waals surface area contributed by atoms with Gasteiger partial charge in [-0.15, -0.1) is 0 Å². The van der Waals surface area contributed by atoms with Crippen molar-refractivity contribution in [3.8, 4) is 0 Å². The van der Waals surface area contributed by atoms with E-state index in [1.165, 1.54) is 0 Å². The topological polar surface area (TPSA) is 50.2 Å². The fourth-order valence-electron chi connectivity index (χ4n) is 0. The number of quaternary nitrogens is 1. The first-order valence-corrected chi connectivity index (χ1v) is 2.44. The molecule has 0 aliphatic carbocycles. The van der Waals surface area contributed by atoms with Gasteiger partial charge in [0.15, 0.2) is 6.23 Å². The molecule has 0 aliphatic rings. The Bertz CT molecular complexity index is 55.9. The van der Waals surface area contributed by atoms with Gasteiger partial charge < -0.3 is 15.1 Å². The van der Waals surface area contributed by atoms with E-state index in [4.69, 9.17) is 5.11 Å². The molecule has 8 heavy (non-hydrogen) atoms. The van der Waals surface area contributed by atoms with Gasteiger partial charge >= 0.3 is 0 Å². The molecule has 0 amide bonds. The normalized spacial score (nSPS) is 14.6. The molecule has 0 saturated heterocycles. The highest BCUT2D eigenvalue weighted by Gasteiger charge is 2.12. The average molecular weight is 121 g/mol. The van der Waals surface area contributed by atoms with E-state index in [2.05, 4.69) is 0 Å². The third kappa shape index (κ3) is 4.05. The van der Waals surface area contributed by atoms with Crippen molar-refractivity contribution >= 4 is 0 Å². The second kappa shape index (κ2) is 3.02. The minimum Gasteiger partial charge on any atom is -0.870 e. The molecule has 3 heteroatoms. The number of aliphatic hydroxyl groups is 1. The molecule has 52 valence electrons. The van der Waals surface area contributed by atoms with Crippen molar-refractivity contribution < 1.29 is 15.1 Å². The van der Waals surface area contributed by atoms with Crippen LogP contribution in [0.4, 0.5) is 0 Å². The van der Waals surface area contributed by atoms with Gasteiger partial charge in [0.1, 0.15) is 0 Å². The third-order valence-corrected chi connectivity index (χ3v) is 1.12. The van der Waals surface area contributed by atoms with E-state index in [0.29, 0.717) is 4.48 Å². The summed E-state index contributed by atoms with van der Waals surface area (Å²) in [5.74, 6) is 0. The predicted molar refractivity (Wildman–Crippen MR) is 31.6 cm³/mol. The van der Waals surface area contributed by atoms with E-state index < -0.39 is 0 Å². The quantitative estimate of drug-likeness (QED) is 0.387. The summed E-state index contributed by atoms with van der Waals surface area (Å²) < 4.78 is 0.611. The molecule has 2 N–H and O–H groups in total. The number of hydrogen-bond acceptors (Lipinski definition) is 2. The SMILES string of the molecule is CC(O)[N+](C)(C)C.[OH-]. The van der Waals surface area contributed by atoms with Crippen LogP contribution in [-0.4, -0.2) is 42.4 Å². The molecule has 0 spiro atoms. The van der Waals surface area contributed by atoms with E-state index in [1.54, 1.807) is 6.92 Å². The van der Waals surface area contributed by atoms with Crippen molar-refractivity contribution in [1.29, 1.82) is 0 Å². The summed E-state index contributed by atoms with van der Waals surface area (Å²) in [6, 6.07) is 0. The fourth-order valence-corrected chi connectivity index (χ4v) is 0. The lowest BCUT2D eigenvalue weighted by Crippen LogP contribution is -2.42. The van der Waals surface area contributed by atoms with Crippen LogP contribution in [-0.2, 0) is 0 Å². The first-order valence-electron chi connectivity index (χ1n) is 2.44. The molecule has 0 heterocycles. The summed E-state index contributed by atoms with van der Waals surface area (Å²) in [5, 5.41) is 8.86. The highest BCUT2D eigenvalue weighted by Crippen LogP contribution is 1.94. The number of aliphatic hydroxyl groups excluding tert-OH is 1. The van der Waals surface area contributed by atoms with Crippen LogP contribution in [0.15, 0.2) is 0 Å². The summed E-state index contributed by atoms with van der Waals surface area (Å²) in [7, 11) is 5.85. The second-order valence-corrected chi connectivity index (χ2v) is 2.75. The van der Waals surface area contributed by atoms with Gasteiger partial charge in [-0.1, -0.05) is 0 Å². The zero-order valence-electron chi connectivity index (χ0n) is 5.92. The van der Waals surface area contributed by atoms with Crippen molar-refractivity contribution in [3.63, 3.8) is 0 Å². The van der Waals surface area contributed by atoms with Crippen LogP contribution in [0.5, 0.6) is 0 Å². The molecule has 0 aromatic carbocycles. The first kappa shape index (κ1) is 10.8. The molecule has 0 aliphatic heterocycles. The summed E-state index contributed by atoms with van der Waals surface area (Å²) in [5.41, 5.74) is 0. The maximum absolute atomic E-state index is 8.86. The number of nitrogens with zero attached hydrogens (tertiary/aromatic N) is 1. The van der Waals surface area contributed by atoms with Crippen LogP contribution in [0.3, 0.4) is 0 Å².